The van der Waals surface area contributed by atoms with Crippen LogP contribution in [0.5, 0.6) is 0 Å². The van der Waals surface area contributed by atoms with Crippen LogP contribution in [0.3, 0.4) is 0 Å². The first-order valence-electron chi connectivity index (χ1n) is 11.6. The Morgan fingerprint density at radius 2 is 1.53 bits per heavy atom. The van der Waals surface area contributed by atoms with Gasteiger partial charge in [-0.1, -0.05) is 78.9 Å². The minimum atomic E-state index is -0.683. The Hall–Kier alpha value is -3.97. The third kappa shape index (κ3) is 5.63. The molecule has 0 bridgehead atoms. The van der Waals surface area contributed by atoms with Gasteiger partial charge in [0.05, 0.1) is 16.3 Å². The van der Waals surface area contributed by atoms with E-state index in [4.69, 9.17) is 9.47 Å². The number of aromatic nitrogens is 1. The summed E-state index contributed by atoms with van der Waals surface area (Å²) in [6, 6.07) is 25.6. The molecule has 36 heavy (non-hydrogen) atoms. The number of carbonyl (C=O) groups excluding carboxylic acids is 2. The lowest BCUT2D eigenvalue weighted by atomic mass is 9.95. The summed E-state index contributed by atoms with van der Waals surface area (Å²) in [5, 5.41) is 2.89. The number of anilines is 1. The Balaban J connectivity index is 1.49. The molecule has 0 spiro atoms. The zero-order valence-corrected chi connectivity index (χ0v) is 21.5. The quantitative estimate of drug-likeness (QED) is 0.253. The standard InChI is InChI=1S/C29H28N2O4S/c1-19-26(30-28(33)35-20(2)21-8-6-5-7-9-21)27(36-31-19)24-12-10-22(11-13-24)23-14-16-25(17-15-23)29(3,4)34-18-32/h5-18,20H,1-4H3,(H,30,33)/t20-/m1/s1. The van der Waals surface area contributed by atoms with Crippen LogP contribution < -0.4 is 5.32 Å². The van der Waals surface area contributed by atoms with Gasteiger partial charge in [0.1, 0.15) is 11.7 Å². The second-order valence-electron chi connectivity index (χ2n) is 8.93. The fraction of sp³-hybridized carbons (Fsp3) is 0.207. The van der Waals surface area contributed by atoms with E-state index >= 15 is 0 Å². The molecule has 0 aliphatic rings. The lowest BCUT2D eigenvalue weighted by Gasteiger charge is -2.23. The zero-order chi connectivity index (χ0) is 25.7. The van der Waals surface area contributed by atoms with Gasteiger partial charge in [0.15, 0.2) is 0 Å². The molecule has 1 amide bonds. The highest BCUT2D eigenvalue weighted by Crippen LogP contribution is 2.36. The minimum Gasteiger partial charge on any atom is -0.457 e. The molecule has 3 aromatic carbocycles. The van der Waals surface area contributed by atoms with Gasteiger partial charge in [0.25, 0.3) is 6.47 Å². The lowest BCUT2D eigenvalue weighted by molar-refractivity contribution is -0.141. The number of ether oxygens (including phenoxy) is 2. The number of rotatable bonds is 8. The first kappa shape index (κ1) is 25.1. The summed E-state index contributed by atoms with van der Waals surface area (Å²) in [5.41, 5.74) is 5.59. The van der Waals surface area contributed by atoms with Crippen LogP contribution >= 0.6 is 11.5 Å². The molecule has 7 heteroatoms. The van der Waals surface area contributed by atoms with E-state index in [0.29, 0.717) is 12.2 Å². The maximum Gasteiger partial charge on any atom is 0.412 e. The molecule has 1 atom stereocenters. The van der Waals surface area contributed by atoms with Crippen LogP contribution in [-0.4, -0.2) is 16.9 Å². The van der Waals surface area contributed by atoms with Crippen molar-refractivity contribution in [1.82, 2.24) is 4.37 Å². The molecular weight excluding hydrogens is 472 g/mol. The number of carbonyl (C=O) groups is 2. The van der Waals surface area contributed by atoms with Crippen LogP contribution in [0.2, 0.25) is 0 Å². The van der Waals surface area contributed by atoms with Gasteiger partial charge in [-0.3, -0.25) is 10.1 Å². The van der Waals surface area contributed by atoms with E-state index in [1.165, 1.54) is 11.5 Å². The predicted molar refractivity (Wildman–Crippen MR) is 143 cm³/mol. The van der Waals surface area contributed by atoms with E-state index < -0.39 is 11.7 Å². The van der Waals surface area contributed by atoms with Gasteiger partial charge in [-0.25, -0.2) is 4.79 Å². The van der Waals surface area contributed by atoms with Crippen molar-refractivity contribution in [3.63, 3.8) is 0 Å². The average molecular weight is 501 g/mol. The van der Waals surface area contributed by atoms with E-state index in [9.17, 15) is 9.59 Å². The molecule has 6 nitrogen and oxygen atoms in total. The van der Waals surface area contributed by atoms with E-state index in [1.54, 1.807) is 0 Å². The van der Waals surface area contributed by atoms with Crippen molar-refractivity contribution in [2.45, 2.75) is 39.4 Å². The molecule has 0 unspecified atom stereocenters. The van der Waals surface area contributed by atoms with Crippen molar-refractivity contribution >= 4 is 29.8 Å². The van der Waals surface area contributed by atoms with Crippen molar-refractivity contribution in [1.29, 1.82) is 0 Å². The lowest BCUT2D eigenvalue weighted by Crippen LogP contribution is -2.20. The first-order valence-corrected chi connectivity index (χ1v) is 12.4. The van der Waals surface area contributed by atoms with E-state index in [-0.39, 0.29) is 6.10 Å². The highest BCUT2D eigenvalue weighted by molar-refractivity contribution is 7.10. The fourth-order valence-electron chi connectivity index (χ4n) is 3.86. The number of hydrogen-bond donors (Lipinski definition) is 1. The van der Waals surface area contributed by atoms with Crippen LogP contribution in [0, 0.1) is 6.92 Å². The van der Waals surface area contributed by atoms with Crippen molar-refractivity contribution in [3.8, 4) is 21.6 Å². The summed E-state index contributed by atoms with van der Waals surface area (Å²) < 4.78 is 15.2. The average Bonchev–Trinajstić information content (AvgIpc) is 3.24. The van der Waals surface area contributed by atoms with Gasteiger partial charge in [-0.05, 0) is 67.0 Å². The molecule has 184 valence electrons. The van der Waals surface area contributed by atoms with Gasteiger partial charge < -0.3 is 9.47 Å². The monoisotopic (exact) mass is 500 g/mol. The molecule has 1 N–H and O–H groups in total. The van der Waals surface area contributed by atoms with Crippen LogP contribution in [-0.2, 0) is 19.9 Å². The maximum absolute atomic E-state index is 12.6. The Morgan fingerprint density at radius 1 is 0.944 bits per heavy atom. The second-order valence-corrected chi connectivity index (χ2v) is 9.71. The zero-order valence-electron chi connectivity index (χ0n) is 20.6. The number of nitrogens with zero attached hydrogens (tertiary/aromatic N) is 1. The molecule has 0 radical (unpaired) electrons. The molecule has 4 aromatic rings. The second kappa shape index (κ2) is 10.7. The third-order valence-electron chi connectivity index (χ3n) is 6.05. The number of nitrogens with one attached hydrogen (secondary N) is 1. The Kier molecular flexibility index (Phi) is 7.50. The highest BCUT2D eigenvalue weighted by Gasteiger charge is 2.22. The van der Waals surface area contributed by atoms with Gasteiger partial charge in [0, 0.05) is 0 Å². The third-order valence-corrected chi connectivity index (χ3v) is 7.03. The van der Waals surface area contributed by atoms with Crippen LogP contribution in [0.15, 0.2) is 78.9 Å². The predicted octanol–water partition coefficient (Wildman–Crippen LogP) is 7.50. The molecule has 0 saturated carbocycles. The van der Waals surface area contributed by atoms with Crippen LogP contribution in [0.1, 0.15) is 43.7 Å². The molecule has 0 aliphatic carbocycles. The van der Waals surface area contributed by atoms with Crippen molar-refractivity contribution in [2.75, 3.05) is 5.32 Å². The first-order chi connectivity index (χ1) is 17.3. The molecule has 0 saturated heterocycles. The van der Waals surface area contributed by atoms with E-state index in [2.05, 4.69) is 9.69 Å². The minimum absolute atomic E-state index is 0.372. The maximum atomic E-state index is 12.6. The molecule has 0 aliphatic heterocycles. The van der Waals surface area contributed by atoms with Crippen molar-refractivity contribution < 1.29 is 19.1 Å². The summed E-state index contributed by atoms with van der Waals surface area (Å²) in [6.45, 7) is 7.89. The largest absolute Gasteiger partial charge is 0.457 e. The Morgan fingerprint density at radius 3 is 2.14 bits per heavy atom. The molecule has 0 fully saturated rings. The fourth-order valence-corrected chi connectivity index (χ4v) is 4.72. The Bertz CT molecular complexity index is 1330. The number of benzene rings is 3. The Labute approximate surface area is 215 Å². The van der Waals surface area contributed by atoms with Gasteiger partial charge >= 0.3 is 6.09 Å². The molecule has 4 rings (SSSR count). The molecule has 1 heterocycles. The summed E-state index contributed by atoms with van der Waals surface area (Å²) in [7, 11) is 0. The summed E-state index contributed by atoms with van der Waals surface area (Å²) >= 11 is 1.33. The normalized spacial score (nSPS) is 12.0. The summed E-state index contributed by atoms with van der Waals surface area (Å²) in [4.78, 5) is 24.3. The van der Waals surface area contributed by atoms with Gasteiger partial charge in [-0.15, -0.1) is 0 Å². The number of amides is 1. The van der Waals surface area contributed by atoms with Crippen LogP contribution in [0.25, 0.3) is 21.6 Å². The number of aryl methyl sites for hydroxylation is 1. The summed E-state index contributed by atoms with van der Waals surface area (Å²) in [5.74, 6) is 0. The van der Waals surface area contributed by atoms with Crippen LogP contribution in [0.4, 0.5) is 10.5 Å². The smallest absolute Gasteiger partial charge is 0.412 e. The van der Waals surface area contributed by atoms with E-state index in [1.807, 2.05) is 107 Å². The SMILES string of the molecule is Cc1nsc(-c2ccc(-c3ccc(C(C)(C)OC=O)cc3)cc2)c1NC(=O)O[C@H](C)c1ccccc1. The topological polar surface area (TPSA) is 77.5 Å². The summed E-state index contributed by atoms with van der Waals surface area (Å²) in [6.07, 6.45) is -0.892. The number of hydrogen-bond acceptors (Lipinski definition) is 6. The van der Waals surface area contributed by atoms with Gasteiger partial charge in [-0.2, -0.15) is 4.37 Å². The van der Waals surface area contributed by atoms with Crippen molar-refractivity contribution in [2.24, 2.45) is 0 Å². The van der Waals surface area contributed by atoms with E-state index in [0.717, 1.165) is 38.4 Å². The highest BCUT2D eigenvalue weighted by atomic mass is 32.1. The van der Waals surface area contributed by atoms with Crippen molar-refractivity contribution in [3.05, 3.63) is 95.7 Å². The van der Waals surface area contributed by atoms with Gasteiger partial charge in [0.2, 0.25) is 0 Å². The molecular formula is C29H28N2O4S. The molecule has 1 aromatic heterocycles.